The molecule has 1 spiro atoms. The Balaban J connectivity index is 1.84. The van der Waals surface area contributed by atoms with E-state index in [9.17, 15) is 14.7 Å². The van der Waals surface area contributed by atoms with Crippen molar-refractivity contribution < 1.29 is 14.6 Å². The van der Waals surface area contributed by atoms with Crippen LogP contribution in [-0.4, -0.2) is 45.0 Å². The molecule has 0 bridgehead atoms. The van der Waals surface area contributed by atoms with E-state index >= 15 is 0 Å². The van der Waals surface area contributed by atoms with Crippen LogP contribution in [0.5, 0.6) is 0 Å². The van der Waals surface area contributed by atoms with Crippen LogP contribution in [0.3, 0.4) is 0 Å². The summed E-state index contributed by atoms with van der Waals surface area (Å²) in [7, 11) is 0. The van der Waals surface area contributed by atoms with Crippen LogP contribution in [0.25, 0.3) is 0 Å². The standard InChI is InChI=1S/C20H29ClN2O4/c1-18(2,3)27-17(25)23-11-9-20(26,19(13-23)7-4-5-8-19)14-22-10-6-15(21)12-16(22)24/h6,10,12,26H,4-5,7-9,11,13-14H2,1-3H3. The van der Waals surface area contributed by atoms with E-state index in [1.807, 2.05) is 20.8 Å². The van der Waals surface area contributed by atoms with Gasteiger partial charge in [-0.15, -0.1) is 0 Å². The number of aliphatic hydroxyl groups is 1. The summed E-state index contributed by atoms with van der Waals surface area (Å²) in [6.07, 6.45) is 5.42. The minimum absolute atomic E-state index is 0.213. The molecular weight excluding hydrogens is 368 g/mol. The molecule has 6 nitrogen and oxygen atoms in total. The summed E-state index contributed by atoms with van der Waals surface area (Å²) in [6.45, 7) is 6.64. The Morgan fingerprint density at radius 2 is 1.96 bits per heavy atom. The fourth-order valence-electron chi connectivity index (χ4n) is 4.48. The predicted octanol–water partition coefficient (Wildman–Crippen LogP) is 3.43. The zero-order chi connectivity index (χ0) is 19.9. The van der Waals surface area contributed by atoms with Gasteiger partial charge in [-0.05, 0) is 46.1 Å². The molecule has 1 aromatic rings. The Hall–Kier alpha value is -1.53. The molecule has 1 amide bonds. The normalized spacial score (nSPS) is 25.0. The average Bonchev–Trinajstić information content (AvgIpc) is 3.01. The summed E-state index contributed by atoms with van der Waals surface area (Å²) in [6, 6.07) is 3.02. The van der Waals surface area contributed by atoms with Crippen molar-refractivity contribution in [3.05, 3.63) is 33.7 Å². The van der Waals surface area contributed by atoms with E-state index in [4.69, 9.17) is 16.3 Å². The molecule has 2 aliphatic rings. The molecule has 2 heterocycles. The zero-order valence-corrected chi connectivity index (χ0v) is 17.1. The number of nitrogens with zero attached hydrogens (tertiary/aromatic N) is 2. The van der Waals surface area contributed by atoms with Crippen molar-refractivity contribution >= 4 is 17.7 Å². The molecule has 1 atom stereocenters. The van der Waals surface area contributed by atoms with E-state index in [2.05, 4.69) is 0 Å². The first-order chi connectivity index (χ1) is 12.5. The minimum atomic E-state index is -1.04. The van der Waals surface area contributed by atoms with E-state index in [0.29, 0.717) is 24.5 Å². The first kappa shape index (κ1) is 20.2. The maximum absolute atomic E-state index is 12.6. The number of carbonyl (C=O) groups excluding carboxylic acids is 1. The van der Waals surface area contributed by atoms with Gasteiger partial charge >= 0.3 is 6.09 Å². The quantitative estimate of drug-likeness (QED) is 0.831. The highest BCUT2D eigenvalue weighted by molar-refractivity contribution is 6.30. The van der Waals surface area contributed by atoms with Gasteiger partial charge in [0.15, 0.2) is 0 Å². The highest BCUT2D eigenvalue weighted by atomic mass is 35.5. The highest BCUT2D eigenvalue weighted by Crippen LogP contribution is 2.51. The number of hydrogen-bond acceptors (Lipinski definition) is 4. The van der Waals surface area contributed by atoms with Crippen molar-refractivity contribution in [2.75, 3.05) is 13.1 Å². The van der Waals surface area contributed by atoms with E-state index in [-0.39, 0.29) is 18.2 Å². The molecule has 1 saturated carbocycles. The van der Waals surface area contributed by atoms with Gasteiger partial charge in [0.2, 0.25) is 0 Å². The first-order valence-corrected chi connectivity index (χ1v) is 9.98. The lowest BCUT2D eigenvalue weighted by atomic mass is 9.66. The molecule has 150 valence electrons. The van der Waals surface area contributed by atoms with E-state index in [1.165, 1.54) is 10.6 Å². The maximum Gasteiger partial charge on any atom is 0.410 e. The molecule has 2 fully saturated rings. The fraction of sp³-hybridized carbons (Fsp3) is 0.700. The van der Waals surface area contributed by atoms with Crippen LogP contribution in [0.15, 0.2) is 23.1 Å². The number of hydrogen-bond donors (Lipinski definition) is 1. The molecule has 1 aliphatic carbocycles. The third-order valence-electron chi connectivity index (χ3n) is 5.88. The predicted molar refractivity (Wildman–Crippen MR) is 104 cm³/mol. The van der Waals surface area contributed by atoms with Gasteiger partial charge < -0.3 is 19.3 Å². The summed E-state index contributed by atoms with van der Waals surface area (Å²) in [5.74, 6) is 0. The number of likely N-dealkylation sites (tertiary alicyclic amines) is 1. The largest absolute Gasteiger partial charge is 0.444 e. The third kappa shape index (κ3) is 4.16. The molecule has 1 aliphatic heterocycles. The van der Waals surface area contributed by atoms with E-state index < -0.39 is 16.6 Å². The topological polar surface area (TPSA) is 71.8 Å². The van der Waals surface area contributed by atoms with Gasteiger partial charge in [-0.2, -0.15) is 0 Å². The second kappa shape index (κ2) is 7.13. The maximum atomic E-state index is 12.6. The van der Waals surface area contributed by atoms with Gasteiger partial charge in [-0.3, -0.25) is 4.79 Å². The van der Waals surface area contributed by atoms with Crippen molar-refractivity contribution in [3.63, 3.8) is 0 Å². The van der Waals surface area contributed by atoms with Gasteiger partial charge in [0, 0.05) is 35.8 Å². The zero-order valence-electron chi connectivity index (χ0n) is 16.3. The van der Waals surface area contributed by atoms with Crippen molar-refractivity contribution in [1.29, 1.82) is 0 Å². The van der Waals surface area contributed by atoms with Crippen LogP contribution in [0.4, 0.5) is 4.79 Å². The van der Waals surface area contributed by atoms with Gasteiger partial charge in [-0.1, -0.05) is 24.4 Å². The minimum Gasteiger partial charge on any atom is -0.444 e. The lowest BCUT2D eigenvalue weighted by Crippen LogP contribution is -2.62. The Morgan fingerprint density at radius 3 is 2.56 bits per heavy atom. The van der Waals surface area contributed by atoms with Crippen molar-refractivity contribution in [2.45, 2.75) is 70.6 Å². The Labute approximate surface area is 165 Å². The summed E-state index contributed by atoms with van der Waals surface area (Å²) >= 11 is 5.89. The Bertz CT molecular complexity index is 764. The molecule has 1 N–H and O–H groups in total. The lowest BCUT2D eigenvalue weighted by molar-refractivity contribution is -0.140. The number of piperidine rings is 1. The molecule has 1 unspecified atom stereocenters. The smallest absolute Gasteiger partial charge is 0.410 e. The molecule has 1 aromatic heterocycles. The van der Waals surface area contributed by atoms with Gasteiger partial charge in [0.05, 0.1) is 12.1 Å². The van der Waals surface area contributed by atoms with Crippen LogP contribution < -0.4 is 5.56 Å². The molecule has 27 heavy (non-hydrogen) atoms. The Kier molecular flexibility index (Phi) is 5.34. The summed E-state index contributed by atoms with van der Waals surface area (Å²) in [5, 5.41) is 12.0. The number of ether oxygens (including phenoxy) is 1. The van der Waals surface area contributed by atoms with Gasteiger partial charge in [0.1, 0.15) is 5.60 Å². The highest BCUT2D eigenvalue weighted by Gasteiger charge is 2.56. The van der Waals surface area contributed by atoms with E-state index in [1.54, 1.807) is 17.2 Å². The fourth-order valence-corrected chi connectivity index (χ4v) is 4.63. The van der Waals surface area contributed by atoms with E-state index in [0.717, 1.165) is 25.7 Å². The lowest BCUT2D eigenvalue weighted by Gasteiger charge is -2.52. The molecule has 7 heteroatoms. The summed E-state index contributed by atoms with van der Waals surface area (Å²) in [5.41, 5.74) is -2.23. The second-order valence-corrected chi connectivity index (χ2v) is 9.42. The number of carbonyl (C=O) groups is 1. The van der Waals surface area contributed by atoms with Crippen LogP contribution in [0.2, 0.25) is 5.02 Å². The monoisotopic (exact) mass is 396 g/mol. The number of pyridine rings is 1. The number of amides is 1. The van der Waals surface area contributed by atoms with Gasteiger partial charge in [0.25, 0.3) is 5.56 Å². The van der Waals surface area contributed by atoms with Crippen LogP contribution in [0, 0.1) is 5.41 Å². The number of rotatable bonds is 2. The van der Waals surface area contributed by atoms with Gasteiger partial charge in [-0.25, -0.2) is 4.79 Å². The van der Waals surface area contributed by atoms with Crippen molar-refractivity contribution in [3.8, 4) is 0 Å². The van der Waals surface area contributed by atoms with Crippen molar-refractivity contribution in [2.24, 2.45) is 5.41 Å². The molecule has 0 radical (unpaired) electrons. The molecule has 1 saturated heterocycles. The second-order valence-electron chi connectivity index (χ2n) is 8.98. The average molecular weight is 397 g/mol. The Morgan fingerprint density at radius 1 is 1.30 bits per heavy atom. The molecule has 3 rings (SSSR count). The summed E-state index contributed by atoms with van der Waals surface area (Å²) in [4.78, 5) is 26.6. The van der Waals surface area contributed by atoms with Crippen LogP contribution in [-0.2, 0) is 11.3 Å². The third-order valence-corrected chi connectivity index (χ3v) is 6.11. The van der Waals surface area contributed by atoms with Crippen molar-refractivity contribution in [1.82, 2.24) is 9.47 Å². The van der Waals surface area contributed by atoms with Crippen LogP contribution >= 0.6 is 11.6 Å². The summed E-state index contributed by atoms with van der Waals surface area (Å²) < 4.78 is 7.06. The number of halogens is 1. The van der Waals surface area contributed by atoms with Crippen LogP contribution in [0.1, 0.15) is 52.9 Å². The molecular formula is C20H29ClN2O4. The molecule has 0 aromatic carbocycles. The number of aromatic nitrogens is 1. The first-order valence-electron chi connectivity index (χ1n) is 9.60. The SMILES string of the molecule is CC(C)(C)OC(=O)N1CCC(O)(Cn2ccc(Cl)cc2=O)C2(CCCC2)C1.